The number of amides is 2. The van der Waals surface area contributed by atoms with Crippen LogP contribution in [0.25, 0.3) is 0 Å². The van der Waals surface area contributed by atoms with E-state index in [2.05, 4.69) is 20.6 Å². The quantitative estimate of drug-likeness (QED) is 0.650. The number of allylic oxidation sites excluding steroid dienone is 1. The lowest BCUT2D eigenvalue weighted by Crippen LogP contribution is -2.31. The molecule has 0 saturated carbocycles. The van der Waals surface area contributed by atoms with E-state index in [1.54, 1.807) is 6.92 Å². The minimum absolute atomic E-state index is 0.00746. The maximum Gasteiger partial charge on any atom is 0.417 e. The van der Waals surface area contributed by atoms with Crippen molar-refractivity contribution in [1.29, 1.82) is 0 Å². The molecule has 0 saturated heterocycles. The number of halogens is 4. The number of nitrogens with zero attached hydrogens (tertiary/aromatic N) is 2. The summed E-state index contributed by atoms with van der Waals surface area (Å²) < 4.78 is 42.8. The Bertz CT molecular complexity index is 645. The number of alkyl halides is 3. The molecule has 0 atom stereocenters. The molecule has 23 heavy (non-hydrogen) atoms. The monoisotopic (exact) mass is 350 g/mol. The third-order valence-electron chi connectivity index (χ3n) is 2.43. The van der Waals surface area contributed by atoms with Gasteiger partial charge in [0.2, 0.25) is 11.8 Å². The van der Waals surface area contributed by atoms with Crippen molar-refractivity contribution in [3.63, 3.8) is 0 Å². The van der Waals surface area contributed by atoms with Crippen LogP contribution in [0.2, 0.25) is 5.02 Å². The van der Waals surface area contributed by atoms with Gasteiger partial charge < -0.3 is 15.4 Å². The van der Waals surface area contributed by atoms with Crippen LogP contribution in [0.4, 0.5) is 18.0 Å². The highest BCUT2D eigenvalue weighted by molar-refractivity contribution is 6.32. The van der Waals surface area contributed by atoms with Gasteiger partial charge in [-0.3, -0.25) is 4.99 Å². The Kier molecular flexibility index (Phi) is 6.38. The largest absolute Gasteiger partial charge is 0.419 e. The molecular weight excluding hydrogens is 337 g/mol. The van der Waals surface area contributed by atoms with E-state index in [0.717, 1.165) is 0 Å². The molecular formula is C13H14ClF3N4O2. The minimum atomic E-state index is -4.55. The first-order valence-corrected chi connectivity index (χ1v) is 6.59. The van der Waals surface area contributed by atoms with Crippen molar-refractivity contribution in [2.75, 3.05) is 14.1 Å². The number of rotatable bonds is 3. The highest BCUT2D eigenvalue weighted by Crippen LogP contribution is 2.33. The van der Waals surface area contributed by atoms with E-state index in [-0.39, 0.29) is 16.8 Å². The predicted molar refractivity (Wildman–Crippen MR) is 79.6 cm³/mol. The SMILES string of the molecule is C/N=C(\C=C(\C)NC(=O)NC)Oc1ncc(C(F)(F)F)cc1Cl. The van der Waals surface area contributed by atoms with Crippen molar-refractivity contribution in [3.05, 3.63) is 34.6 Å². The zero-order chi connectivity index (χ0) is 17.6. The van der Waals surface area contributed by atoms with Crippen LogP contribution in [0.15, 0.2) is 29.0 Å². The second kappa shape index (κ2) is 7.82. The van der Waals surface area contributed by atoms with Crippen molar-refractivity contribution in [3.8, 4) is 5.88 Å². The van der Waals surface area contributed by atoms with Crippen LogP contribution in [0.1, 0.15) is 12.5 Å². The number of urea groups is 1. The van der Waals surface area contributed by atoms with Gasteiger partial charge in [-0.1, -0.05) is 11.6 Å². The summed E-state index contributed by atoms with van der Waals surface area (Å²) >= 11 is 5.74. The maximum absolute atomic E-state index is 12.5. The molecule has 0 radical (unpaired) electrons. The van der Waals surface area contributed by atoms with Crippen LogP contribution in [0, 0.1) is 0 Å². The minimum Gasteiger partial charge on any atom is -0.419 e. The van der Waals surface area contributed by atoms with E-state index in [1.165, 1.54) is 20.2 Å². The normalized spacial score (nSPS) is 12.8. The molecule has 2 amide bonds. The maximum atomic E-state index is 12.5. The van der Waals surface area contributed by atoms with Gasteiger partial charge in [-0.2, -0.15) is 13.2 Å². The van der Waals surface area contributed by atoms with Crippen LogP contribution in [-0.2, 0) is 6.18 Å². The summed E-state index contributed by atoms with van der Waals surface area (Å²) in [6.45, 7) is 1.57. The molecule has 1 aromatic heterocycles. The molecule has 2 N–H and O–H groups in total. The summed E-state index contributed by atoms with van der Waals surface area (Å²) in [6.07, 6.45) is -2.58. The highest BCUT2D eigenvalue weighted by Gasteiger charge is 2.31. The van der Waals surface area contributed by atoms with Gasteiger partial charge in [-0.25, -0.2) is 9.78 Å². The van der Waals surface area contributed by atoms with E-state index < -0.39 is 17.8 Å². The van der Waals surface area contributed by atoms with Crippen molar-refractivity contribution in [2.24, 2.45) is 4.99 Å². The summed E-state index contributed by atoms with van der Waals surface area (Å²) in [5, 5.41) is 4.51. The van der Waals surface area contributed by atoms with E-state index in [4.69, 9.17) is 16.3 Å². The van der Waals surface area contributed by atoms with Crippen LogP contribution in [0.3, 0.4) is 0 Å². The fourth-order valence-corrected chi connectivity index (χ4v) is 1.56. The van der Waals surface area contributed by atoms with E-state index in [1.807, 2.05) is 0 Å². The lowest BCUT2D eigenvalue weighted by molar-refractivity contribution is -0.137. The lowest BCUT2D eigenvalue weighted by atomic mass is 10.3. The second-order valence-corrected chi connectivity index (χ2v) is 4.61. The average molecular weight is 351 g/mol. The van der Waals surface area contributed by atoms with E-state index in [9.17, 15) is 18.0 Å². The second-order valence-electron chi connectivity index (χ2n) is 4.20. The number of pyridine rings is 1. The first-order chi connectivity index (χ1) is 10.7. The van der Waals surface area contributed by atoms with E-state index in [0.29, 0.717) is 18.0 Å². The van der Waals surface area contributed by atoms with Gasteiger partial charge in [-0.15, -0.1) is 0 Å². The molecule has 6 nitrogen and oxygen atoms in total. The van der Waals surface area contributed by atoms with Gasteiger partial charge >= 0.3 is 12.2 Å². The van der Waals surface area contributed by atoms with Gasteiger partial charge in [0, 0.05) is 32.1 Å². The summed E-state index contributed by atoms with van der Waals surface area (Å²) in [4.78, 5) is 18.5. The zero-order valence-corrected chi connectivity index (χ0v) is 13.2. The highest BCUT2D eigenvalue weighted by atomic mass is 35.5. The molecule has 1 aromatic rings. The van der Waals surface area contributed by atoms with Gasteiger partial charge in [0.05, 0.1) is 5.56 Å². The Labute approximate surface area is 135 Å². The fourth-order valence-electron chi connectivity index (χ4n) is 1.36. The van der Waals surface area contributed by atoms with Crippen LogP contribution < -0.4 is 15.4 Å². The summed E-state index contributed by atoms with van der Waals surface area (Å²) in [5.41, 5.74) is -0.592. The first kappa shape index (κ1) is 18.8. The Morgan fingerprint density at radius 1 is 1.48 bits per heavy atom. The molecule has 10 heteroatoms. The van der Waals surface area contributed by atoms with Crippen molar-refractivity contribution in [2.45, 2.75) is 13.1 Å². The average Bonchev–Trinajstić information content (AvgIpc) is 2.46. The van der Waals surface area contributed by atoms with Crippen LogP contribution in [0.5, 0.6) is 5.88 Å². The van der Waals surface area contributed by atoms with Crippen molar-refractivity contribution >= 4 is 23.5 Å². The molecule has 0 aliphatic carbocycles. The number of aliphatic imine (C=N–C) groups is 1. The summed E-state index contributed by atoms with van der Waals surface area (Å²) in [5.74, 6) is -0.225. The molecule has 0 bridgehead atoms. The third-order valence-corrected chi connectivity index (χ3v) is 2.70. The third kappa shape index (κ3) is 5.78. The number of ether oxygens (including phenoxy) is 1. The molecule has 0 aliphatic rings. The molecule has 0 aliphatic heterocycles. The first-order valence-electron chi connectivity index (χ1n) is 6.21. The Morgan fingerprint density at radius 3 is 2.61 bits per heavy atom. The smallest absolute Gasteiger partial charge is 0.417 e. The Balaban J connectivity index is 2.93. The van der Waals surface area contributed by atoms with E-state index >= 15 is 0 Å². The molecule has 0 aromatic carbocycles. The van der Waals surface area contributed by atoms with Crippen LogP contribution in [-0.4, -0.2) is 31.0 Å². The lowest BCUT2D eigenvalue weighted by Gasteiger charge is -2.10. The number of carbonyl (C=O) groups is 1. The summed E-state index contributed by atoms with van der Waals surface area (Å²) in [6, 6.07) is 0.260. The number of nitrogens with one attached hydrogen (secondary N) is 2. The predicted octanol–water partition coefficient (Wildman–Crippen LogP) is 2.99. The van der Waals surface area contributed by atoms with Gasteiger partial charge in [0.1, 0.15) is 5.02 Å². The number of hydrogen-bond acceptors (Lipinski definition) is 4. The molecule has 0 spiro atoms. The van der Waals surface area contributed by atoms with Gasteiger partial charge in [-0.05, 0) is 13.0 Å². The van der Waals surface area contributed by atoms with Crippen molar-refractivity contribution < 1.29 is 22.7 Å². The summed E-state index contributed by atoms with van der Waals surface area (Å²) in [7, 11) is 2.84. The van der Waals surface area contributed by atoms with Gasteiger partial charge in [0.25, 0.3) is 0 Å². The molecule has 1 rings (SSSR count). The standard InChI is InChI=1S/C13H14ClF3N4O2/c1-7(21-12(22)19-3)4-10(18-2)23-11-9(14)5-8(6-20-11)13(15,16)17/h4-6H,1-3H3,(H2,19,21,22)/b7-4-,18-10+. The molecule has 0 fully saturated rings. The van der Waals surface area contributed by atoms with Crippen LogP contribution >= 0.6 is 11.6 Å². The number of hydrogen-bond donors (Lipinski definition) is 2. The molecule has 1 heterocycles. The number of aromatic nitrogens is 1. The van der Waals surface area contributed by atoms with Gasteiger partial charge in [0.15, 0.2) is 0 Å². The molecule has 0 unspecified atom stereocenters. The topological polar surface area (TPSA) is 75.6 Å². The fraction of sp³-hybridized carbons (Fsp3) is 0.308. The number of carbonyl (C=O) groups excluding carboxylic acids is 1. The Morgan fingerprint density at radius 2 is 2.13 bits per heavy atom. The Hall–Kier alpha value is -2.29. The molecule has 126 valence electrons. The van der Waals surface area contributed by atoms with Crippen molar-refractivity contribution in [1.82, 2.24) is 15.6 Å². The zero-order valence-electron chi connectivity index (χ0n) is 12.5.